The molecule has 0 bridgehead atoms. The van der Waals surface area contributed by atoms with Crippen molar-refractivity contribution in [2.24, 2.45) is 11.3 Å². The van der Waals surface area contributed by atoms with Crippen molar-refractivity contribution in [3.8, 4) is 0 Å². The van der Waals surface area contributed by atoms with Gasteiger partial charge in [0.05, 0.1) is 6.54 Å². The molecule has 21 heavy (non-hydrogen) atoms. The zero-order valence-electron chi connectivity index (χ0n) is 11.9. The van der Waals surface area contributed by atoms with Crippen LogP contribution in [-0.4, -0.2) is 54.5 Å². The summed E-state index contributed by atoms with van der Waals surface area (Å²) in [5.41, 5.74) is -0.678. The Labute approximate surface area is 122 Å². The summed E-state index contributed by atoms with van der Waals surface area (Å²) in [6.07, 6.45) is 3.63. The Balaban J connectivity index is 1.43. The Bertz CT molecular complexity index is 528. The molecule has 2 unspecified atom stereocenters. The van der Waals surface area contributed by atoms with E-state index in [2.05, 4.69) is 16.0 Å². The molecular weight excluding hydrogens is 272 g/mol. The maximum atomic E-state index is 12.7. The lowest BCUT2D eigenvalue weighted by Crippen LogP contribution is -2.50. The third-order valence-electron chi connectivity index (χ3n) is 5.68. The molecule has 1 saturated carbocycles. The Morgan fingerprint density at radius 2 is 1.95 bits per heavy atom. The van der Waals surface area contributed by atoms with Crippen LogP contribution in [0.5, 0.6) is 0 Å². The van der Waals surface area contributed by atoms with E-state index in [4.69, 9.17) is 0 Å². The van der Waals surface area contributed by atoms with Gasteiger partial charge in [-0.15, -0.1) is 0 Å². The van der Waals surface area contributed by atoms with Crippen molar-refractivity contribution < 1.29 is 14.4 Å². The fourth-order valence-electron chi connectivity index (χ4n) is 4.21. The SMILES string of the molecule is O=C1NC(=O)C2(CCN(C(=O)C3CC34CCNCC4)C2)N1. The molecule has 0 radical (unpaired) electrons. The van der Waals surface area contributed by atoms with Crippen molar-refractivity contribution in [3.63, 3.8) is 0 Å². The molecule has 0 aromatic rings. The molecule has 4 aliphatic rings. The summed E-state index contributed by atoms with van der Waals surface area (Å²) in [6.45, 7) is 2.85. The zero-order valence-corrected chi connectivity index (χ0v) is 11.9. The van der Waals surface area contributed by atoms with Gasteiger partial charge in [0.15, 0.2) is 0 Å². The van der Waals surface area contributed by atoms with E-state index in [-0.39, 0.29) is 23.1 Å². The van der Waals surface area contributed by atoms with Crippen LogP contribution in [0.4, 0.5) is 4.79 Å². The van der Waals surface area contributed by atoms with Crippen LogP contribution in [0.2, 0.25) is 0 Å². The highest BCUT2D eigenvalue weighted by atomic mass is 16.2. The number of amides is 4. The van der Waals surface area contributed by atoms with Gasteiger partial charge in [-0.25, -0.2) is 4.79 Å². The molecule has 4 fully saturated rings. The number of nitrogens with one attached hydrogen (secondary N) is 3. The molecule has 4 rings (SSSR count). The first-order valence-corrected chi connectivity index (χ1v) is 7.68. The minimum Gasteiger partial charge on any atom is -0.339 e. The van der Waals surface area contributed by atoms with Crippen molar-refractivity contribution in [2.75, 3.05) is 26.2 Å². The number of carbonyl (C=O) groups excluding carboxylic acids is 3. The number of imide groups is 1. The van der Waals surface area contributed by atoms with Gasteiger partial charge in [-0.05, 0) is 44.2 Å². The summed E-state index contributed by atoms with van der Waals surface area (Å²) in [6, 6.07) is -0.449. The van der Waals surface area contributed by atoms with Crippen LogP contribution in [-0.2, 0) is 9.59 Å². The smallest absolute Gasteiger partial charge is 0.322 e. The van der Waals surface area contributed by atoms with E-state index in [1.165, 1.54) is 0 Å². The summed E-state index contributed by atoms with van der Waals surface area (Å²) in [5, 5.41) is 8.30. The van der Waals surface area contributed by atoms with Crippen LogP contribution in [0, 0.1) is 11.3 Å². The Morgan fingerprint density at radius 3 is 2.62 bits per heavy atom. The molecule has 114 valence electrons. The standard InChI is InChI=1S/C14H20N4O3/c19-10(9-7-13(9)1-4-15-5-2-13)18-6-3-14(8-18)11(20)16-12(21)17-14/h9,15H,1-8H2,(H2,16,17,20,21). The second-order valence-corrected chi connectivity index (χ2v) is 6.87. The first-order chi connectivity index (χ1) is 10.0. The van der Waals surface area contributed by atoms with E-state index < -0.39 is 11.6 Å². The highest BCUT2D eigenvalue weighted by Crippen LogP contribution is 2.59. The molecular formula is C14H20N4O3. The van der Waals surface area contributed by atoms with Gasteiger partial charge in [0.1, 0.15) is 5.54 Å². The van der Waals surface area contributed by atoms with E-state index in [1.54, 1.807) is 4.90 Å². The quantitative estimate of drug-likeness (QED) is 0.551. The monoisotopic (exact) mass is 292 g/mol. The highest BCUT2D eigenvalue weighted by molar-refractivity contribution is 6.07. The minimum absolute atomic E-state index is 0.120. The number of rotatable bonds is 1. The first kappa shape index (κ1) is 13.1. The first-order valence-electron chi connectivity index (χ1n) is 7.68. The topological polar surface area (TPSA) is 90.5 Å². The molecule has 2 atom stereocenters. The van der Waals surface area contributed by atoms with Gasteiger partial charge in [0.25, 0.3) is 5.91 Å². The number of piperidine rings is 1. The second-order valence-electron chi connectivity index (χ2n) is 6.87. The molecule has 3 aliphatic heterocycles. The van der Waals surface area contributed by atoms with E-state index >= 15 is 0 Å². The number of urea groups is 1. The molecule has 1 aliphatic carbocycles. The summed E-state index contributed by atoms with van der Waals surface area (Å²) in [5.74, 6) is -0.00665. The lowest BCUT2D eigenvalue weighted by atomic mass is 9.91. The van der Waals surface area contributed by atoms with E-state index in [9.17, 15) is 14.4 Å². The van der Waals surface area contributed by atoms with Gasteiger partial charge < -0.3 is 15.5 Å². The van der Waals surface area contributed by atoms with Crippen LogP contribution >= 0.6 is 0 Å². The molecule has 3 N–H and O–H groups in total. The fourth-order valence-corrected chi connectivity index (χ4v) is 4.21. The Hall–Kier alpha value is -1.63. The van der Waals surface area contributed by atoms with Crippen LogP contribution in [0.3, 0.4) is 0 Å². The third kappa shape index (κ3) is 1.87. The van der Waals surface area contributed by atoms with E-state index in [0.29, 0.717) is 19.5 Å². The number of likely N-dealkylation sites (tertiary alicyclic amines) is 1. The summed E-state index contributed by atoms with van der Waals surface area (Å²) < 4.78 is 0. The number of nitrogens with zero attached hydrogens (tertiary/aromatic N) is 1. The zero-order chi connectivity index (χ0) is 14.7. The second kappa shape index (κ2) is 4.19. The molecule has 7 nitrogen and oxygen atoms in total. The molecule has 3 heterocycles. The normalized spacial score (nSPS) is 37.0. The van der Waals surface area contributed by atoms with Gasteiger partial charge in [-0.2, -0.15) is 0 Å². The van der Waals surface area contributed by atoms with Crippen molar-refractivity contribution in [1.29, 1.82) is 0 Å². The average molecular weight is 292 g/mol. The van der Waals surface area contributed by atoms with Crippen LogP contribution < -0.4 is 16.0 Å². The number of hydrogen-bond acceptors (Lipinski definition) is 4. The summed E-state index contributed by atoms with van der Waals surface area (Å²) in [4.78, 5) is 37.7. The molecule has 3 saturated heterocycles. The highest BCUT2D eigenvalue weighted by Gasteiger charge is 2.60. The van der Waals surface area contributed by atoms with Gasteiger partial charge in [0.2, 0.25) is 5.91 Å². The number of hydrogen-bond donors (Lipinski definition) is 3. The van der Waals surface area contributed by atoms with Crippen molar-refractivity contribution >= 4 is 17.8 Å². The lowest BCUT2D eigenvalue weighted by molar-refractivity contribution is -0.133. The molecule has 0 aromatic heterocycles. The van der Waals surface area contributed by atoms with Crippen LogP contribution in [0.1, 0.15) is 25.7 Å². The Morgan fingerprint density at radius 1 is 1.19 bits per heavy atom. The van der Waals surface area contributed by atoms with Gasteiger partial charge >= 0.3 is 6.03 Å². The van der Waals surface area contributed by atoms with Gasteiger partial charge in [-0.3, -0.25) is 14.9 Å². The molecule has 7 heteroatoms. The van der Waals surface area contributed by atoms with Gasteiger partial charge in [-0.1, -0.05) is 0 Å². The predicted molar refractivity (Wildman–Crippen MR) is 73.2 cm³/mol. The summed E-state index contributed by atoms with van der Waals surface area (Å²) in [7, 11) is 0. The fraction of sp³-hybridized carbons (Fsp3) is 0.786. The van der Waals surface area contributed by atoms with Crippen molar-refractivity contribution in [3.05, 3.63) is 0 Å². The van der Waals surface area contributed by atoms with Crippen LogP contribution in [0.25, 0.3) is 0 Å². The lowest BCUT2D eigenvalue weighted by Gasteiger charge is -2.25. The minimum atomic E-state index is -0.886. The maximum absolute atomic E-state index is 12.7. The molecule has 2 spiro atoms. The number of carbonyl (C=O) groups is 3. The van der Waals surface area contributed by atoms with Gasteiger partial charge in [0, 0.05) is 12.5 Å². The largest absolute Gasteiger partial charge is 0.339 e. The van der Waals surface area contributed by atoms with Crippen molar-refractivity contribution in [1.82, 2.24) is 20.9 Å². The maximum Gasteiger partial charge on any atom is 0.322 e. The van der Waals surface area contributed by atoms with E-state index in [1.807, 2.05) is 0 Å². The average Bonchev–Trinajstić information content (AvgIpc) is 2.85. The Kier molecular flexibility index (Phi) is 2.61. The third-order valence-corrected chi connectivity index (χ3v) is 5.68. The molecule has 4 amide bonds. The van der Waals surface area contributed by atoms with Crippen LogP contribution in [0.15, 0.2) is 0 Å². The summed E-state index contributed by atoms with van der Waals surface area (Å²) >= 11 is 0. The predicted octanol–water partition coefficient (Wildman–Crippen LogP) is -0.813. The molecule has 0 aromatic carbocycles. The van der Waals surface area contributed by atoms with E-state index in [0.717, 1.165) is 32.4 Å². The van der Waals surface area contributed by atoms with Crippen molar-refractivity contribution in [2.45, 2.75) is 31.2 Å².